The second-order valence-electron chi connectivity index (χ2n) is 4.98. The molecule has 0 aromatic carbocycles. The fraction of sp³-hybridized carbons (Fsp3) is 0.583. The number of aryl methyl sites for hydroxylation is 1. The molecule has 114 valence electrons. The van der Waals surface area contributed by atoms with Gasteiger partial charge in [-0.15, -0.1) is 3.77 Å². The molecule has 0 saturated heterocycles. The lowest BCUT2D eigenvalue weighted by Gasteiger charge is -2.17. The van der Waals surface area contributed by atoms with E-state index in [1.807, 2.05) is 0 Å². The highest BCUT2D eigenvalue weighted by atomic mass is 35.5. The summed E-state index contributed by atoms with van der Waals surface area (Å²) in [5.74, 6) is 0. The molecule has 0 aliphatic rings. The van der Waals surface area contributed by atoms with Crippen molar-refractivity contribution in [1.29, 1.82) is 0 Å². The minimum Gasteiger partial charge on any atom is -0.248 e. The van der Waals surface area contributed by atoms with E-state index < -0.39 is 19.8 Å². The van der Waals surface area contributed by atoms with Crippen LogP contribution in [0.5, 0.6) is 0 Å². The first kappa shape index (κ1) is 17.4. The van der Waals surface area contributed by atoms with Gasteiger partial charge in [-0.05, 0) is 19.1 Å². The predicted octanol–water partition coefficient (Wildman–Crippen LogP) is 3.02. The van der Waals surface area contributed by atoms with E-state index in [2.05, 4.69) is 8.75 Å². The zero-order valence-corrected chi connectivity index (χ0v) is 14.5. The second-order valence-corrected chi connectivity index (χ2v) is 10.5. The Morgan fingerprint density at radius 2 is 1.60 bits per heavy atom. The predicted molar refractivity (Wildman–Crippen MR) is 82.0 cm³/mol. The molecule has 0 N–H and O–H groups in total. The monoisotopic (exact) mass is 338 g/mol. The zero-order valence-electron chi connectivity index (χ0n) is 12.1. The Hall–Kier alpha value is -0.660. The number of nitrogens with zero attached hydrogens (tertiary/aromatic N) is 2. The van der Waals surface area contributed by atoms with Gasteiger partial charge in [-0.1, -0.05) is 39.3 Å². The lowest BCUT2D eigenvalue weighted by molar-refractivity contribution is 0.596. The molecule has 1 aromatic rings. The molecule has 0 amide bonds. The van der Waals surface area contributed by atoms with Crippen molar-refractivity contribution >= 4 is 31.4 Å². The van der Waals surface area contributed by atoms with Gasteiger partial charge in [0.05, 0.1) is 15.4 Å². The van der Waals surface area contributed by atoms with Gasteiger partial charge in [0.15, 0.2) is 0 Å². The van der Waals surface area contributed by atoms with E-state index in [4.69, 9.17) is 11.6 Å². The van der Waals surface area contributed by atoms with E-state index in [1.54, 1.807) is 27.7 Å². The molecule has 0 fully saturated rings. The Morgan fingerprint density at radius 3 is 2.00 bits per heavy atom. The molecule has 0 atom stereocenters. The lowest BCUT2D eigenvalue weighted by Crippen LogP contribution is -2.25. The molecule has 0 aliphatic heterocycles. The first-order valence-corrected chi connectivity index (χ1v) is 9.61. The van der Waals surface area contributed by atoms with Crippen molar-refractivity contribution in [2.24, 2.45) is 3.77 Å². The smallest absolute Gasteiger partial charge is 0.248 e. The molecule has 0 bridgehead atoms. The number of rotatable bonds is 4. The molecular weight excluding hydrogens is 320 g/mol. The van der Waals surface area contributed by atoms with E-state index in [0.717, 1.165) is 0 Å². The molecule has 0 radical (unpaired) electrons. The van der Waals surface area contributed by atoms with Gasteiger partial charge in [0.1, 0.15) is 10.0 Å². The van der Waals surface area contributed by atoms with E-state index >= 15 is 0 Å². The summed E-state index contributed by atoms with van der Waals surface area (Å²) in [7, 11) is -6.91. The number of halogens is 1. The van der Waals surface area contributed by atoms with Crippen LogP contribution in [0.3, 0.4) is 0 Å². The molecule has 8 heteroatoms. The molecule has 1 aromatic heterocycles. The number of hydrogen-bond donors (Lipinski definition) is 0. The van der Waals surface area contributed by atoms with Crippen LogP contribution < -0.4 is 0 Å². The topological polar surface area (TPSA) is 76.5 Å². The maximum absolute atomic E-state index is 12.8. The first-order valence-electron chi connectivity index (χ1n) is 6.15. The largest absolute Gasteiger partial charge is 0.291 e. The molecular formula is C12H19ClN2O3S2. The molecule has 5 nitrogen and oxygen atoms in total. The standard InChI is InChI=1S/C12H19ClN2O3S2/c1-8(2)19(16,9(3)4)15-20(17,18)11-6-7-12(13)14-10(11)5/h6-9H,1-5H3. The van der Waals surface area contributed by atoms with Crippen molar-refractivity contribution < 1.29 is 12.6 Å². The van der Waals surface area contributed by atoms with Crippen LogP contribution in [0.15, 0.2) is 20.8 Å². The SMILES string of the molecule is Cc1nc(Cl)ccc1S(=O)(=O)N=S(=O)(C(C)C)C(C)C. The van der Waals surface area contributed by atoms with Crippen LogP contribution in [0.25, 0.3) is 0 Å². The van der Waals surface area contributed by atoms with Gasteiger partial charge in [0.25, 0.3) is 10.0 Å². The Kier molecular flexibility index (Phi) is 5.21. The van der Waals surface area contributed by atoms with Gasteiger partial charge in [0, 0.05) is 10.5 Å². The summed E-state index contributed by atoms with van der Waals surface area (Å²) in [6.45, 7) is 8.34. The normalized spacial score (nSPS) is 13.0. The molecule has 1 rings (SSSR count). The van der Waals surface area contributed by atoms with Crippen LogP contribution in [-0.2, 0) is 19.8 Å². The third-order valence-electron chi connectivity index (χ3n) is 2.85. The van der Waals surface area contributed by atoms with Crippen molar-refractivity contribution in [3.63, 3.8) is 0 Å². The van der Waals surface area contributed by atoms with Crippen molar-refractivity contribution in [3.05, 3.63) is 23.0 Å². The van der Waals surface area contributed by atoms with Crippen LogP contribution in [0, 0.1) is 6.92 Å². The molecule has 0 aliphatic carbocycles. The molecule has 20 heavy (non-hydrogen) atoms. The Bertz CT molecular complexity index is 704. The Morgan fingerprint density at radius 1 is 1.10 bits per heavy atom. The molecule has 0 unspecified atom stereocenters. The highest BCUT2D eigenvalue weighted by Gasteiger charge is 2.26. The van der Waals surface area contributed by atoms with E-state index in [9.17, 15) is 12.6 Å². The molecule has 0 saturated carbocycles. The number of aromatic nitrogens is 1. The maximum Gasteiger partial charge on any atom is 0.291 e. The number of hydrogen-bond acceptors (Lipinski definition) is 4. The summed E-state index contributed by atoms with van der Waals surface area (Å²) < 4.78 is 41.2. The second kappa shape index (κ2) is 5.99. The third-order valence-corrected chi connectivity index (χ3v) is 8.46. The fourth-order valence-electron chi connectivity index (χ4n) is 1.70. The van der Waals surface area contributed by atoms with E-state index in [0.29, 0.717) is 0 Å². The highest BCUT2D eigenvalue weighted by molar-refractivity contribution is 8.04. The van der Waals surface area contributed by atoms with Crippen molar-refractivity contribution in [2.45, 2.75) is 50.0 Å². The summed E-state index contributed by atoms with van der Waals surface area (Å²) in [6, 6.07) is 2.72. The third kappa shape index (κ3) is 3.51. The van der Waals surface area contributed by atoms with Crippen molar-refractivity contribution in [3.8, 4) is 0 Å². The van der Waals surface area contributed by atoms with Crippen molar-refractivity contribution in [2.75, 3.05) is 0 Å². The van der Waals surface area contributed by atoms with Gasteiger partial charge < -0.3 is 0 Å². The van der Waals surface area contributed by atoms with Gasteiger partial charge in [0.2, 0.25) is 0 Å². The highest BCUT2D eigenvalue weighted by Crippen LogP contribution is 2.23. The Balaban J connectivity index is 3.56. The maximum atomic E-state index is 12.8. The summed E-state index contributed by atoms with van der Waals surface area (Å²) in [5, 5.41) is -0.523. The molecule has 1 heterocycles. The number of pyridine rings is 1. The minimum absolute atomic E-state index is 0.0593. The zero-order chi connectivity index (χ0) is 15.7. The van der Waals surface area contributed by atoms with Gasteiger partial charge in [-0.3, -0.25) is 0 Å². The summed E-state index contributed by atoms with van der Waals surface area (Å²) >= 11 is 5.71. The van der Waals surface area contributed by atoms with Crippen LogP contribution in [-0.4, -0.2) is 28.1 Å². The quantitative estimate of drug-likeness (QED) is 0.791. The average molecular weight is 339 g/mol. The summed E-state index contributed by atoms with van der Waals surface area (Å²) in [5.41, 5.74) is 0.246. The minimum atomic E-state index is -4.03. The average Bonchev–Trinajstić information content (AvgIpc) is 2.26. The Labute approximate surface area is 126 Å². The summed E-state index contributed by atoms with van der Waals surface area (Å²) in [6.07, 6.45) is 0. The van der Waals surface area contributed by atoms with Gasteiger partial charge >= 0.3 is 0 Å². The lowest BCUT2D eigenvalue weighted by atomic mass is 10.4. The van der Waals surface area contributed by atoms with Gasteiger partial charge in [-0.2, -0.15) is 8.42 Å². The van der Waals surface area contributed by atoms with E-state index in [-0.39, 0.29) is 26.2 Å². The van der Waals surface area contributed by atoms with Crippen LogP contribution >= 0.6 is 11.6 Å². The first-order chi connectivity index (χ1) is 9.00. The van der Waals surface area contributed by atoms with E-state index in [1.165, 1.54) is 19.1 Å². The molecule has 0 spiro atoms. The summed E-state index contributed by atoms with van der Waals surface area (Å²) in [4.78, 5) is 3.83. The fourth-order valence-corrected chi connectivity index (χ4v) is 6.56. The van der Waals surface area contributed by atoms with Crippen LogP contribution in [0.1, 0.15) is 33.4 Å². The van der Waals surface area contributed by atoms with Crippen LogP contribution in [0.4, 0.5) is 0 Å². The van der Waals surface area contributed by atoms with Gasteiger partial charge in [-0.25, -0.2) is 9.19 Å². The van der Waals surface area contributed by atoms with Crippen LogP contribution in [0.2, 0.25) is 5.15 Å². The van der Waals surface area contributed by atoms with Crippen molar-refractivity contribution in [1.82, 2.24) is 4.98 Å². The number of sulfonamides is 1.